The maximum atomic E-state index is 12.4. The van der Waals surface area contributed by atoms with Crippen LogP contribution in [0.3, 0.4) is 0 Å². The van der Waals surface area contributed by atoms with Crippen molar-refractivity contribution in [1.82, 2.24) is 9.78 Å². The van der Waals surface area contributed by atoms with Crippen LogP contribution in [0.1, 0.15) is 30.9 Å². The fourth-order valence-corrected chi connectivity index (χ4v) is 3.61. The summed E-state index contributed by atoms with van der Waals surface area (Å²) in [6, 6.07) is 3.66. The van der Waals surface area contributed by atoms with Crippen LogP contribution < -0.4 is 0 Å². The molecule has 6 heteroatoms. The lowest BCUT2D eigenvalue weighted by molar-refractivity contribution is -0.145. The average molecular weight is 381 g/mol. The van der Waals surface area contributed by atoms with Gasteiger partial charge in [-0.2, -0.15) is 5.10 Å². The number of nitrogens with zero attached hydrogens (tertiary/aromatic N) is 2. The van der Waals surface area contributed by atoms with Crippen molar-refractivity contribution in [3.63, 3.8) is 0 Å². The van der Waals surface area contributed by atoms with Gasteiger partial charge in [-0.3, -0.25) is 4.68 Å². The summed E-state index contributed by atoms with van der Waals surface area (Å²) in [6.45, 7) is 3.58. The lowest BCUT2D eigenvalue weighted by Gasteiger charge is -2.26. The van der Waals surface area contributed by atoms with Gasteiger partial charge in [-0.25, -0.2) is 4.79 Å². The van der Waals surface area contributed by atoms with Crippen molar-refractivity contribution >= 4 is 32.8 Å². The molecule has 1 aliphatic heterocycles. The maximum Gasteiger partial charge on any atom is 0.330 e. The molecule has 23 heavy (non-hydrogen) atoms. The largest absolute Gasteiger partial charge is 0.467 e. The van der Waals surface area contributed by atoms with Crippen LogP contribution in [0, 0.1) is 12.8 Å². The highest BCUT2D eigenvalue weighted by Crippen LogP contribution is 2.32. The van der Waals surface area contributed by atoms with Gasteiger partial charge in [-0.15, -0.1) is 0 Å². The van der Waals surface area contributed by atoms with Gasteiger partial charge in [0.15, 0.2) is 0 Å². The number of hydrogen-bond acceptors (Lipinski definition) is 4. The number of ether oxygens (including phenoxy) is 2. The first kappa shape index (κ1) is 16.5. The third kappa shape index (κ3) is 3.28. The Morgan fingerprint density at radius 3 is 2.91 bits per heavy atom. The molecule has 3 rings (SSSR count). The van der Waals surface area contributed by atoms with Gasteiger partial charge in [0.2, 0.25) is 0 Å². The van der Waals surface area contributed by atoms with Crippen LogP contribution in [-0.2, 0) is 14.3 Å². The Morgan fingerprint density at radius 1 is 1.48 bits per heavy atom. The lowest BCUT2D eigenvalue weighted by Crippen LogP contribution is -2.27. The van der Waals surface area contributed by atoms with E-state index in [2.05, 4.69) is 21.0 Å². The number of carbonyl (C=O) groups excluding carboxylic acids is 1. The molecule has 1 saturated heterocycles. The molecule has 1 unspecified atom stereocenters. The maximum absolute atomic E-state index is 12.4. The average Bonchev–Trinajstić information content (AvgIpc) is 3.00. The fraction of sp³-hybridized carbons (Fsp3) is 0.529. The molecular formula is C17H21BrN2O3. The van der Waals surface area contributed by atoms with Crippen molar-refractivity contribution in [2.75, 3.05) is 20.3 Å². The second-order valence-corrected chi connectivity index (χ2v) is 6.84. The SMILES string of the molecule is COC(=O)C(CC1CCOCC1)n1ncc2c(Br)c(C)ccc21. The summed E-state index contributed by atoms with van der Waals surface area (Å²) in [4.78, 5) is 12.4. The number of esters is 1. The molecular weight excluding hydrogens is 360 g/mol. The summed E-state index contributed by atoms with van der Waals surface area (Å²) in [5, 5.41) is 5.51. The quantitative estimate of drug-likeness (QED) is 0.759. The van der Waals surface area contributed by atoms with Crippen LogP contribution in [0.4, 0.5) is 0 Å². The van der Waals surface area contributed by atoms with Crippen molar-refractivity contribution in [1.29, 1.82) is 0 Å². The van der Waals surface area contributed by atoms with Crippen LogP contribution >= 0.6 is 15.9 Å². The third-order valence-corrected chi connectivity index (χ3v) is 5.63. The Balaban J connectivity index is 1.96. The van der Waals surface area contributed by atoms with E-state index in [1.807, 2.05) is 25.3 Å². The first-order chi connectivity index (χ1) is 11.1. The van der Waals surface area contributed by atoms with E-state index in [0.717, 1.165) is 53.4 Å². The van der Waals surface area contributed by atoms with Gasteiger partial charge in [0.05, 0.1) is 18.8 Å². The molecule has 2 aromatic rings. The molecule has 1 aromatic carbocycles. The van der Waals surface area contributed by atoms with Gasteiger partial charge >= 0.3 is 5.97 Å². The molecule has 2 heterocycles. The standard InChI is InChI=1S/C17H21BrN2O3/c1-11-3-4-14-13(16(11)18)10-19-20(14)15(17(21)22-2)9-12-5-7-23-8-6-12/h3-4,10,12,15H,5-9H2,1-2H3. The van der Waals surface area contributed by atoms with Crippen molar-refractivity contribution in [2.24, 2.45) is 5.92 Å². The van der Waals surface area contributed by atoms with Gasteiger partial charge in [-0.05, 0) is 59.7 Å². The minimum Gasteiger partial charge on any atom is -0.467 e. The van der Waals surface area contributed by atoms with Crippen LogP contribution in [0.15, 0.2) is 22.8 Å². The van der Waals surface area contributed by atoms with Gasteiger partial charge < -0.3 is 9.47 Å². The van der Waals surface area contributed by atoms with E-state index < -0.39 is 6.04 Å². The minimum atomic E-state index is -0.393. The Bertz CT molecular complexity index is 707. The van der Waals surface area contributed by atoms with Crippen molar-refractivity contribution < 1.29 is 14.3 Å². The predicted octanol–water partition coefficient (Wildman–Crippen LogP) is 3.64. The smallest absolute Gasteiger partial charge is 0.330 e. The molecule has 1 fully saturated rings. The molecule has 1 atom stereocenters. The van der Waals surface area contributed by atoms with E-state index in [1.54, 1.807) is 4.68 Å². The Hall–Kier alpha value is -1.40. The van der Waals surface area contributed by atoms with Gasteiger partial charge in [0.25, 0.3) is 0 Å². The van der Waals surface area contributed by atoms with E-state index in [1.165, 1.54) is 7.11 Å². The molecule has 0 spiro atoms. The molecule has 0 radical (unpaired) electrons. The molecule has 0 N–H and O–H groups in total. The van der Waals surface area contributed by atoms with Crippen LogP contribution in [0.2, 0.25) is 0 Å². The second-order valence-electron chi connectivity index (χ2n) is 6.05. The summed E-state index contributed by atoms with van der Waals surface area (Å²) < 4.78 is 13.3. The zero-order valence-corrected chi connectivity index (χ0v) is 15.0. The number of rotatable bonds is 4. The first-order valence-corrected chi connectivity index (χ1v) is 8.69. The molecule has 1 aromatic heterocycles. The number of benzene rings is 1. The van der Waals surface area contributed by atoms with Gasteiger partial charge in [0.1, 0.15) is 6.04 Å². The second kappa shape index (κ2) is 7.01. The number of fused-ring (bicyclic) bond motifs is 1. The number of hydrogen-bond donors (Lipinski definition) is 0. The van der Waals surface area contributed by atoms with Crippen molar-refractivity contribution in [3.05, 3.63) is 28.4 Å². The zero-order valence-electron chi connectivity index (χ0n) is 13.4. The summed E-state index contributed by atoms with van der Waals surface area (Å²) in [5.41, 5.74) is 2.10. The molecule has 0 aliphatic carbocycles. The van der Waals surface area contributed by atoms with Crippen molar-refractivity contribution in [2.45, 2.75) is 32.2 Å². The van der Waals surface area contributed by atoms with E-state index in [0.29, 0.717) is 5.92 Å². The van der Waals surface area contributed by atoms with E-state index in [-0.39, 0.29) is 5.97 Å². The fourth-order valence-electron chi connectivity index (χ4n) is 3.17. The minimum absolute atomic E-state index is 0.238. The monoisotopic (exact) mass is 380 g/mol. The normalized spacial score (nSPS) is 17.3. The van der Waals surface area contributed by atoms with Crippen LogP contribution in [-0.4, -0.2) is 36.1 Å². The Kier molecular flexibility index (Phi) is 5.02. The highest BCUT2D eigenvalue weighted by Gasteiger charge is 2.28. The molecule has 5 nitrogen and oxygen atoms in total. The summed E-state index contributed by atoms with van der Waals surface area (Å²) in [5.74, 6) is 0.221. The summed E-state index contributed by atoms with van der Waals surface area (Å²) in [6.07, 6.45) is 4.51. The Labute approximate surface area is 144 Å². The number of aromatic nitrogens is 2. The number of aryl methyl sites for hydroxylation is 1. The van der Waals surface area contributed by atoms with Gasteiger partial charge in [0, 0.05) is 23.1 Å². The highest BCUT2D eigenvalue weighted by atomic mass is 79.9. The number of methoxy groups -OCH3 is 1. The summed E-state index contributed by atoms with van der Waals surface area (Å²) in [7, 11) is 1.44. The van der Waals surface area contributed by atoms with E-state index in [4.69, 9.17) is 9.47 Å². The number of carbonyl (C=O) groups is 1. The molecule has 0 saturated carbocycles. The summed E-state index contributed by atoms with van der Waals surface area (Å²) >= 11 is 3.61. The molecule has 0 bridgehead atoms. The van der Waals surface area contributed by atoms with E-state index >= 15 is 0 Å². The lowest BCUT2D eigenvalue weighted by atomic mass is 9.92. The molecule has 124 valence electrons. The third-order valence-electron chi connectivity index (χ3n) is 4.57. The van der Waals surface area contributed by atoms with Crippen LogP contribution in [0.5, 0.6) is 0 Å². The zero-order chi connectivity index (χ0) is 16.4. The number of halogens is 1. The Morgan fingerprint density at radius 2 is 2.22 bits per heavy atom. The molecule has 1 aliphatic rings. The van der Waals surface area contributed by atoms with E-state index in [9.17, 15) is 4.79 Å². The first-order valence-electron chi connectivity index (χ1n) is 7.89. The topological polar surface area (TPSA) is 53.4 Å². The van der Waals surface area contributed by atoms with Crippen molar-refractivity contribution in [3.8, 4) is 0 Å². The predicted molar refractivity (Wildman–Crippen MR) is 91.4 cm³/mol. The van der Waals surface area contributed by atoms with Crippen LogP contribution in [0.25, 0.3) is 10.9 Å². The molecule has 0 amide bonds. The highest BCUT2D eigenvalue weighted by molar-refractivity contribution is 9.10. The van der Waals surface area contributed by atoms with Gasteiger partial charge in [-0.1, -0.05) is 6.07 Å².